The normalized spacial score (nSPS) is 14.5. The van der Waals surface area contributed by atoms with Crippen molar-refractivity contribution in [2.24, 2.45) is 0 Å². The molecule has 2 aromatic carbocycles. The molecule has 9 heteroatoms. The molecule has 168 valence electrons. The Morgan fingerprint density at radius 2 is 1.58 bits per heavy atom. The summed E-state index contributed by atoms with van der Waals surface area (Å²) >= 11 is 0. The van der Waals surface area contributed by atoms with Crippen molar-refractivity contribution in [2.45, 2.75) is 6.42 Å². The summed E-state index contributed by atoms with van der Waals surface area (Å²) in [5.74, 6) is 0.193. The van der Waals surface area contributed by atoms with Crippen LogP contribution in [-0.2, 0) is 0 Å². The molecule has 3 heterocycles. The number of ether oxygens (including phenoxy) is 1. The smallest absolute Gasteiger partial charge is 0.259 e. The molecule has 1 aliphatic rings. The monoisotopic (exact) mass is 445 g/mol. The summed E-state index contributed by atoms with van der Waals surface area (Å²) in [6, 6.07) is 14.3. The van der Waals surface area contributed by atoms with Crippen molar-refractivity contribution in [2.75, 3.05) is 33.3 Å². The second-order valence-electron chi connectivity index (χ2n) is 7.93. The molecule has 1 fully saturated rings. The minimum absolute atomic E-state index is 0.117. The fourth-order valence-corrected chi connectivity index (χ4v) is 4.32. The van der Waals surface area contributed by atoms with Gasteiger partial charge in [-0.05, 0) is 30.7 Å². The summed E-state index contributed by atoms with van der Waals surface area (Å²) in [6.07, 6.45) is 2.13. The summed E-state index contributed by atoms with van der Waals surface area (Å²) < 4.78 is 6.91. The van der Waals surface area contributed by atoms with E-state index in [1.165, 1.54) is 6.20 Å². The van der Waals surface area contributed by atoms with Crippen molar-refractivity contribution in [1.29, 1.82) is 0 Å². The lowest BCUT2D eigenvalue weighted by molar-refractivity contribution is 0.0717. The number of carbonyl (C=O) groups excluding carboxylic acids is 2. The van der Waals surface area contributed by atoms with Crippen molar-refractivity contribution in [3.63, 3.8) is 0 Å². The maximum Gasteiger partial charge on any atom is 0.259 e. The van der Waals surface area contributed by atoms with E-state index in [1.807, 2.05) is 12.1 Å². The number of para-hydroxylation sites is 2. The first kappa shape index (κ1) is 20.7. The van der Waals surface area contributed by atoms with Crippen molar-refractivity contribution >= 4 is 28.4 Å². The van der Waals surface area contributed by atoms with E-state index in [0.717, 1.165) is 0 Å². The fraction of sp³-hybridized carbons (Fsp3) is 0.250. The highest BCUT2D eigenvalue weighted by Crippen LogP contribution is 2.21. The minimum Gasteiger partial charge on any atom is -0.496 e. The standard InChI is InChI=1S/C24H23N5O4/c1-33-20-10-5-3-8-17(20)23(31)27-11-6-12-28(14-13-27)24(32)18-15-25-29-19-9-4-2-7-16(19)22(30)26-21(18)29/h2-5,7-10,15H,6,11-14H2,1H3,(H,26,30). The van der Waals surface area contributed by atoms with Crippen molar-refractivity contribution in [3.8, 4) is 5.75 Å². The van der Waals surface area contributed by atoms with Gasteiger partial charge in [-0.15, -0.1) is 0 Å². The van der Waals surface area contributed by atoms with Gasteiger partial charge in [-0.2, -0.15) is 5.10 Å². The van der Waals surface area contributed by atoms with E-state index in [0.29, 0.717) is 66.0 Å². The van der Waals surface area contributed by atoms with Crippen LogP contribution in [0.2, 0.25) is 0 Å². The van der Waals surface area contributed by atoms with Crippen LogP contribution in [0.3, 0.4) is 0 Å². The Bertz CT molecular complexity index is 1420. The number of fused-ring (bicyclic) bond motifs is 3. The number of carbonyl (C=O) groups is 2. The molecule has 4 aromatic rings. The summed E-state index contributed by atoms with van der Waals surface area (Å²) in [7, 11) is 1.54. The molecular weight excluding hydrogens is 422 g/mol. The lowest BCUT2D eigenvalue weighted by Gasteiger charge is -2.22. The number of H-pyrrole nitrogens is 1. The lowest BCUT2D eigenvalue weighted by Crippen LogP contribution is -2.37. The largest absolute Gasteiger partial charge is 0.496 e. The zero-order valence-corrected chi connectivity index (χ0v) is 18.2. The number of nitrogens with zero attached hydrogens (tertiary/aromatic N) is 4. The SMILES string of the molecule is COc1ccccc1C(=O)N1CCCN(C(=O)c2cnn3c2[nH]c(=O)c2ccccc23)CC1. The molecule has 2 amide bonds. The number of hydrogen-bond donors (Lipinski definition) is 1. The Balaban J connectivity index is 1.39. The molecule has 0 aliphatic carbocycles. The number of aromatic amines is 1. The highest BCUT2D eigenvalue weighted by atomic mass is 16.5. The van der Waals surface area contributed by atoms with Crippen molar-refractivity contribution in [1.82, 2.24) is 24.4 Å². The molecule has 0 bridgehead atoms. The van der Waals surface area contributed by atoms with Crippen LogP contribution in [0.1, 0.15) is 27.1 Å². The van der Waals surface area contributed by atoms with E-state index < -0.39 is 0 Å². The summed E-state index contributed by atoms with van der Waals surface area (Å²) in [5, 5.41) is 4.86. The van der Waals surface area contributed by atoms with Gasteiger partial charge in [-0.1, -0.05) is 24.3 Å². The van der Waals surface area contributed by atoms with Gasteiger partial charge >= 0.3 is 0 Å². The average Bonchev–Trinajstić information content (AvgIpc) is 3.11. The van der Waals surface area contributed by atoms with Crippen LogP contribution in [0.15, 0.2) is 59.5 Å². The van der Waals surface area contributed by atoms with Gasteiger partial charge in [0, 0.05) is 26.2 Å². The molecule has 0 spiro atoms. The number of hydrogen-bond acceptors (Lipinski definition) is 5. The minimum atomic E-state index is -0.267. The number of nitrogens with one attached hydrogen (secondary N) is 1. The topological polar surface area (TPSA) is 100 Å². The molecule has 5 rings (SSSR count). The maximum absolute atomic E-state index is 13.3. The highest BCUT2D eigenvalue weighted by molar-refractivity contribution is 6.01. The van der Waals surface area contributed by atoms with Crippen molar-refractivity contribution < 1.29 is 14.3 Å². The van der Waals surface area contributed by atoms with E-state index in [4.69, 9.17) is 4.74 Å². The van der Waals surface area contributed by atoms with Crippen LogP contribution in [0.25, 0.3) is 16.6 Å². The van der Waals surface area contributed by atoms with Crippen LogP contribution >= 0.6 is 0 Å². The Hall–Kier alpha value is -4.14. The second kappa shape index (κ2) is 8.42. The fourth-order valence-electron chi connectivity index (χ4n) is 4.32. The van der Waals surface area contributed by atoms with E-state index in [-0.39, 0.29) is 17.4 Å². The summed E-state index contributed by atoms with van der Waals surface area (Å²) in [4.78, 5) is 45.2. The van der Waals surface area contributed by atoms with Crippen LogP contribution < -0.4 is 10.3 Å². The number of amides is 2. The van der Waals surface area contributed by atoms with Gasteiger partial charge in [0.15, 0.2) is 0 Å². The Kier molecular flexibility index (Phi) is 5.29. The number of methoxy groups -OCH3 is 1. The zero-order valence-electron chi connectivity index (χ0n) is 18.2. The number of aromatic nitrogens is 3. The van der Waals surface area contributed by atoms with Crippen LogP contribution in [0.4, 0.5) is 0 Å². The van der Waals surface area contributed by atoms with Gasteiger partial charge in [0.2, 0.25) is 0 Å². The van der Waals surface area contributed by atoms with Gasteiger partial charge in [0.1, 0.15) is 17.0 Å². The number of rotatable bonds is 3. The molecule has 2 aromatic heterocycles. The van der Waals surface area contributed by atoms with E-state index in [1.54, 1.807) is 57.8 Å². The molecule has 9 nitrogen and oxygen atoms in total. The van der Waals surface area contributed by atoms with Crippen LogP contribution in [0.5, 0.6) is 5.75 Å². The first-order valence-corrected chi connectivity index (χ1v) is 10.8. The maximum atomic E-state index is 13.3. The van der Waals surface area contributed by atoms with Crippen molar-refractivity contribution in [3.05, 3.63) is 76.2 Å². The molecule has 0 radical (unpaired) electrons. The summed E-state index contributed by atoms with van der Waals surface area (Å²) in [5.41, 5.74) is 1.58. The molecular formula is C24H23N5O4. The van der Waals surface area contributed by atoms with Crippen LogP contribution in [0, 0.1) is 0 Å². The zero-order chi connectivity index (χ0) is 22.9. The third kappa shape index (κ3) is 3.61. The summed E-state index contributed by atoms with van der Waals surface area (Å²) in [6.45, 7) is 1.83. The highest BCUT2D eigenvalue weighted by Gasteiger charge is 2.27. The van der Waals surface area contributed by atoms with E-state index in [2.05, 4.69) is 10.1 Å². The molecule has 0 saturated carbocycles. The van der Waals surface area contributed by atoms with Crippen LogP contribution in [-0.4, -0.2) is 69.5 Å². The van der Waals surface area contributed by atoms with E-state index in [9.17, 15) is 14.4 Å². The van der Waals surface area contributed by atoms with Gasteiger partial charge in [0.25, 0.3) is 17.4 Å². The first-order valence-electron chi connectivity index (χ1n) is 10.8. The van der Waals surface area contributed by atoms with E-state index >= 15 is 0 Å². The molecule has 1 aliphatic heterocycles. The third-order valence-electron chi connectivity index (χ3n) is 6.02. The lowest BCUT2D eigenvalue weighted by atomic mass is 10.1. The molecule has 1 N–H and O–H groups in total. The molecule has 1 saturated heterocycles. The first-order chi connectivity index (χ1) is 16.1. The third-order valence-corrected chi connectivity index (χ3v) is 6.02. The second-order valence-corrected chi connectivity index (χ2v) is 7.93. The molecule has 0 unspecified atom stereocenters. The average molecular weight is 445 g/mol. The number of benzene rings is 2. The van der Waals surface area contributed by atoms with Gasteiger partial charge < -0.3 is 19.5 Å². The molecule has 33 heavy (non-hydrogen) atoms. The Morgan fingerprint density at radius 3 is 2.33 bits per heavy atom. The predicted octanol–water partition coefficient (Wildman–Crippen LogP) is 2.17. The van der Waals surface area contributed by atoms with Gasteiger partial charge in [-0.3, -0.25) is 14.4 Å². The Labute approximate surface area is 189 Å². The Morgan fingerprint density at radius 1 is 0.909 bits per heavy atom. The molecule has 0 atom stereocenters. The predicted molar refractivity (Wildman–Crippen MR) is 123 cm³/mol. The quantitative estimate of drug-likeness (QED) is 0.521. The van der Waals surface area contributed by atoms with Gasteiger partial charge in [0.05, 0.1) is 29.8 Å². The van der Waals surface area contributed by atoms with Gasteiger partial charge in [-0.25, -0.2) is 4.52 Å².